The third-order valence-electron chi connectivity index (χ3n) is 9.34. The highest BCUT2D eigenvalue weighted by molar-refractivity contribution is 6.72. The highest BCUT2D eigenvalue weighted by atomic mass is 28.4. The Morgan fingerprint density at radius 2 is 1.79 bits per heavy atom. The summed E-state index contributed by atoms with van der Waals surface area (Å²) in [7, 11) is -3.58. The van der Waals surface area contributed by atoms with E-state index in [1.165, 1.54) is 23.1 Å². The normalized spacial score (nSPS) is 26.5. The highest BCUT2D eigenvalue weighted by Gasteiger charge is 2.67. The van der Waals surface area contributed by atoms with Crippen LogP contribution in [0.1, 0.15) is 30.0 Å². The first-order valence-electron chi connectivity index (χ1n) is 14.5. The van der Waals surface area contributed by atoms with E-state index in [9.17, 15) is 24.8 Å². The Morgan fingerprint density at radius 3 is 2.44 bits per heavy atom. The van der Waals surface area contributed by atoms with Crippen molar-refractivity contribution in [3.05, 3.63) is 99.6 Å². The molecule has 2 amide bonds. The number of carbonyl (C=O) groups is 2. The number of para-hydroxylation sites is 1. The van der Waals surface area contributed by atoms with E-state index >= 15 is 4.11 Å². The molecule has 0 radical (unpaired) electrons. The van der Waals surface area contributed by atoms with Gasteiger partial charge in [-0.2, -0.15) is 0 Å². The van der Waals surface area contributed by atoms with E-state index in [2.05, 4.69) is 0 Å². The van der Waals surface area contributed by atoms with E-state index in [4.69, 9.17) is 4.74 Å². The molecule has 1 spiro atoms. The molecular weight excluding hydrogens is 569 g/mol. The number of carbonyl (C=O) groups excluding carboxylic acids is 2. The van der Waals surface area contributed by atoms with Crippen LogP contribution < -0.4 is 4.90 Å². The van der Waals surface area contributed by atoms with Crippen molar-refractivity contribution < 1.29 is 28.5 Å². The molecule has 0 saturated carbocycles. The van der Waals surface area contributed by atoms with Crippen LogP contribution in [0.15, 0.2) is 72.8 Å². The number of nitrogens with zero attached hydrogens (tertiary/aromatic N) is 3. The molecular formula is C32H34FN3O6Si. The van der Waals surface area contributed by atoms with Crippen LogP contribution in [-0.2, 0) is 32.9 Å². The topological polar surface area (TPSA) is 113 Å². The molecule has 3 aliphatic heterocycles. The molecule has 6 rings (SSSR count). The Bertz CT molecular complexity index is 1600. The maximum absolute atomic E-state index is 16.3. The second kappa shape index (κ2) is 10.7. The first kappa shape index (κ1) is 29.2. The van der Waals surface area contributed by atoms with Crippen molar-refractivity contribution in [1.29, 1.82) is 0 Å². The van der Waals surface area contributed by atoms with Crippen molar-refractivity contribution in [3.63, 3.8) is 0 Å². The van der Waals surface area contributed by atoms with Gasteiger partial charge in [0, 0.05) is 41.4 Å². The quantitative estimate of drug-likeness (QED) is 0.175. The lowest BCUT2D eigenvalue weighted by Crippen LogP contribution is -2.48. The van der Waals surface area contributed by atoms with Crippen molar-refractivity contribution in [2.75, 3.05) is 11.5 Å². The number of rotatable bonds is 6. The molecule has 3 aromatic rings. The van der Waals surface area contributed by atoms with E-state index in [-0.39, 0.29) is 24.6 Å². The molecule has 5 atom stereocenters. The predicted molar refractivity (Wildman–Crippen MR) is 161 cm³/mol. The third-order valence-corrected chi connectivity index (χ3v) is 11.8. The van der Waals surface area contributed by atoms with Gasteiger partial charge in [0.25, 0.3) is 11.6 Å². The summed E-state index contributed by atoms with van der Waals surface area (Å²) in [4.78, 5) is 42.8. The van der Waals surface area contributed by atoms with E-state index in [1.54, 1.807) is 49.2 Å². The number of fused-ring (bicyclic) bond motifs is 3. The van der Waals surface area contributed by atoms with Gasteiger partial charge in [0.1, 0.15) is 0 Å². The fraction of sp³-hybridized carbons (Fsp3) is 0.375. The molecule has 1 fully saturated rings. The first-order valence-corrected chi connectivity index (χ1v) is 17.4. The van der Waals surface area contributed by atoms with Gasteiger partial charge in [0.2, 0.25) is 14.3 Å². The average molecular weight is 604 g/mol. The van der Waals surface area contributed by atoms with Gasteiger partial charge in [0.05, 0.1) is 35.8 Å². The number of amides is 2. The second-order valence-electron chi connectivity index (χ2n) is 12.2. The number of aliphatic hydroxyl groups excluding tert-OH is 1. The maximum atomic E-state index is 16.3. The van der Waals surface area contributed by atoms with Crippen molar-refractivity contribution >= 4 is 37.3 Å². The molecule has 0 bridgehead atoms. The zero-order chi connectivity index (χ0) is 30.7. The summed E-state index contributed by atoms with van der Waals surface area (Å²) in [6, 6.07) is 20.5. The van der Waals surface area contributed by atoms with E-state index in [1.807, 2.05) is 30.3 Å². The van der Waals surface area contributed by atoms with Gasteiger partial charge in [-0.05, 0) is 48.8 Å². The molecule has 3 heterocycles. The van der Waals surface area contributed by atoms with Gasteiger partial charge in [0.15, 0.2) is 5.60 Å². The maximum Gasteiger partial charge on any atom is 0.269 e. The lowest BCUT2D eigenvalue weighted by Gasteiger charge is -2.37. The summed E-state index contributed by atoms with van der Waals surface area (Å²) in [6.45, 7) is 4.94. The molecule has 0 aliphatic carbocycles. The number of hydrogen-bond donors (Lipinski definition) is 1. The summed E-state index contributed by atoms with van der Waals surface area (Å²) in [5.41, 5.74) is 0.679. The lowest BCUT2D eigenvalue weighted by molar-refractivity contribution is -0.385. The minimum Gasteiger partial charge on any atom is -0.394 e. The predicted octanol–water partition coefficient (Wildman–Crippen LogP) is 5.38. The van der Waals surface area contributed by atoms with Crippen LogP contribution in [0.5, 0.6) is 0 Å². The van der Waals surface area contributed by atoms with Crippen LogP contribution in [0, 0.1) is 16.0 Å². The molecule has 9 nitrogen and oxygen atoms in total. The zero-order valence-electron chi connectivity index (χ0n) is 24.3. The number of nitro benzene ring substituents is 1. The van der Waals surface area contributed by atoms with E-state index in [0.717, 1.165) is 11.1 Å². The van der Waals surface area contributed by atoms with Crippen molar-refractivity contribution in [2.45, 2.75) is 62.7 Å². The number of aliphatic hydroxyl groups is 1. The summed E-state index contributed by atoms with van der Waals surface area (Å²) < 4.78 is 22.9. The Kier molecular flexibility index (Phi) is 7.22. The molecule has 11 heteroatoms. The molecule has 43 heavy (non-hydrogen) atoms. The van der Waals surface area contributed by atoms with Crippen molar-refractivity contribution in [3.8, 4) is 0 Å². The minimum absolute atomic E-state index is 0.182. The number of benzene rings is 3. The van der Waals surface area contributed by atoms with Gasteiger partial charge in [-0.3, -0.25) is 24.6 Å². The molecule has 224 valence electrons. The number of nitro groups is 1. The van der Waals surface area contributed by atoms with Crippen molar-refractivity contribution in [2.24, 2.45) is 5.92 Å². The Labute approximate surface area is 250 Å². The van der Waals surface area contributed by atoms with Gasteiger partial charge >= 0.3 is 0 Å². The number of halogens is 1. The Hall–Kier alpha value is -3.93. The Balaban J connectivity index is 1.41. The van der Waals surface area contributed by atoms with Crippen LogP contribution in [0.3, 0.4) is 0 Å². The smallest absolute Gasteiger partial charge is 0.269 e. The Morgan fingerprint density at radius 1 is 1.12 bits per heavy atom. The van der Waals surface area contributed by atoms with Crippen molar-refractivity contribution in [1.82, 2.24) is 4.90 Å². The summed E-state index contributed by atoms with van der Waals surface area (Å²) >= 11 is 0. The van der Waals surface area contributed by atoms with Crippen LogP contribution in [0.4, 0.5) is 21.2 Å². The van der Waals surface area contributed by atoms with Crippen LogP contribution in [-0.4, -0.2) is 53.9 Å². The van der Waals surface area contributed by atoms with Crippen LogP contribution in [0.2, 0.25) is 18.6 Å². The molecule has 1 N–H and O–H groups in total. The largest absolute Gasteiger partial charge is 0.394 e. The fourth-order valence-corrected chi connectivity index (χ4v) is 9.93. The van der Waals surface area contributed by atoms with Gasteiger partial charge in [-0.15, -0.1) is 0 Å². The second-order valence-corrected chi connectivity index (χ2v) is 16.0. The summed E-state index contributed by atoms with van der Waals surface area (Å²) in [5.74, 6) is -1.47. The van der Waals surface area contributed by atoms with Gasteiger partial charge in [-0.1, -0.05) is 49.4 Å². The molecule has 0 aromatic heterocycles. The van der Waals surface area contributed by atoms with Crippen LogP contribution >= 0.6 is 0 Å². The number of ether oxygens (including phenoxy) is 1. The van der Waals surface area contributed by atoms with E-state index < -0.39 is 48.4 Å². The molecule has 3 aliphatic rings. The molecule has 1 saturated heterocycles. The SMILES string of the molecule is C[C@H]1[C@H]([Si](C)(C)F)[C@@H](CC(=O)N2Cc3ccccc3C[C@H]2CO)O[C@]12C(=O)N(c1ccccc1)c1ccc([N+](=O)[O-])cc12. The lowest BCUT2D eigenvalue weighted by atomic mass is 9.82. The number of hydrogen-bond acceptors (Lipinski definition) is 6. The zero-order valence-corrected chi connectivity index (χ0v) is 25.3. The fourth-order valence-electron chi connectivity index (χ4n) is 7.44. The average Bonchev–Trinajstić information content (AvgIpc) is 3.42. The minimum atomic E-state index is -3.58. The standard InChI is InChI=1S/C32H34FN3O6Si/c1-20-30(43(2,3)33)28(17-29(38)34-18-22-10-8-7-9-21(22)15-25(34)19-37)42-32(20)26-16-24(36(40)41)13-14-27(26)35(31(32)39)23-11-5-4-6-12-23/h4-14,16,20,25,28,30,37H,15,17-19H2,1-3H3/t20-,25-,28+,30-,32+/m0/s1. The summed E-state index contributed by atoms with van der Waals surface area (Å²) in [5, 5.41) is 22.0. The molecule has 0 unspecified atom stereocenters. The van der Waals surface area contributed by atoms with Gasteiger partial charge < -0.3 is 18.9 Å². The van der Waals surface area contributed by atoms with E-state index in [0.29, 0.717) is 29.9 Å². The highest BCUT2D eigenvalue weighted by Crippen LogP contribution is 2.61. The first-order chi connectivity index (χ1) is 20.5. The molecule has 3 aromatic carbocycles. The summed E-state index contributed by atoms with van der Waals surface area (Å²) in [6.07, 6.45) is -0.630. The monoisotopic (exact) mass is 603 g/mol. The van der Waals surface area contributed by atoms with Crippen LogP contribution in [0.25, 0.3) is 0 Å². The third kappa shape index (κ3) is 4.66. The number of anilines is 2. The van der Waals surface area contributed by atoms with Gasteiger partial charge in [-0.25, -0.2) is 0 Å². The number of non-ortho nitro benzene ring substituents is 1.